The third-order valence-corrected chi connectivity index (χ3v) is 11.9. The van der Waals surface area contributed by atoms with Gasteiger partial charge in [-0.05, 0) is 73.7 Å². The Hall–Kier alpha value is -4.75. The number of hydrogen-bond acceptors (Lipinski definition) is 9. The fourth-order valence-electron chi connectivity index (χ4n) is 8.70. The predicted octanol–water partition coefficient (Wildman–Crippen LogP) is 4.26. The smallest absolute Gasteiger partial charge is 0.290 e. The van der Waals surface area contributed by atoms with Crippen molar-refractivity contribution < 1.29 is 33.3 Å². The maximum atomic E-state index is 14.7. The first-order valence-corrected chi connectivity index (χ1v) is 20.6. The first-order valence-electron chi connectivity index (χ1n) is 20.6. The third-order valence-electron chi connectivity index (χ3n) is 11.9. The van der Waals surface area contributed by atoms with Crippen LogP contribution in [0.3, 0.4) is 0 Å². The summed E-state index contributed by atoms with van der Waals surface area (Å²) in [5, 5.41) is 18.7. The average molecular weight is 774 g/mol. The van der Waals surface area contributed by atoms with Crippen molar-refractivity contribution in [3.05, 3.63) is 47.7 Å². The zero-order valence-electron chi connectivity index (χ0n) is 33.2. The molecule has 3 saturated carbocycles. The molecule has 4 aliphatic rings. The standard InChI is InChI=1S/C42H59N7O7/c1-5-13-30(35(50)40(54)44-28-20-21-28)45-39(53)34-29-19-12-18-27(29)24-49(34)41(55)36(42(2,3)4)47-38(52)33(26-16-10-7-11-17-26)46-37(51)31-22-32(48-56-31)43-23-25-14-8-6-9-15-25/h6,8-9,14-15,22,26-30,33-34,36H,5,7,10-13,16-21,23-24H2,1-4H3,(H,43,48)(H,44,54)(H,45,53)(H,46,51)(H,47,52)/t27-,29-,30-,33-,34-,36+/m0/s1. The van der Waals surface area contributed by atoms with E-state index in [1.807, 2.05) is 58.0 Å². The molecule has 1 aromatic carbocycles. The van der Waals surface area contributed by atoms with Gasteiger partial charge in [-0.3, -0.25) is 28.8 Å². The Kier molecular flexibility index (Phi) is 13.2. The highest BCUT2D eigenvalue weighted by Gasteiger charge is 2.52. The van der Waals surface area contributed by atoms with Crippen LogP contribution in [0, 0.1) is 23.2 Å². The Bertz CT molecular complexity index is 1730. The highest BCUT2D eigenvalue weighted by Crippen LogP contribution is 2.43. The topological polar surface area (TPSA) is 192 Å². The normalized spacial score (nSPS) is 22.6. The lowest BCUT2D eigenvalue weighted by molar-refractivity contribution is -0.146. The first kappa shape index (κ1) is 40.9. The van der Waals surface area contributed by atoms with Gasteiger partial charge in [0.25, 0.3) is 11.8 Å². The van der Waals surface area contributed by atoms with E-state index in [1.165, 1.54) is 6.07 Å². The molecule has 6 atom stereocenters. The van der Waals surface area contributed by atoms with Crippen molar-refractivity contribution in [2.24, 2.45) is 23.2 Å². The van der Waals surface area contributed by atoms with E-state index in [2.05, 4.69) is 31.7 Å². The SMILES string of the molecule is CCC[C@H](NC(=O)[C@@H]1[C@H]2CCC[C@H]2CN1C(=O)[C@@H](NC(=O)[C@@H](NC(=O)c1cc(NCc2ccccc2)no1)C1CCCCC1)C(C)(C)C)C(=O)C(=O)NC1CC1. The van der Waals surface area contributed by atoms with Crippen molar-refractivity contribution in [1.29, 1.82) is 0 Å². The van der Waals surface area contributed by atoms with Crippen LogP contribution >= 0.6 is 0 Å². The summed E-state index contributed by atoms with van der Waals surface area (Å²) >= 11 is 0. The number of carbonyl (C=O) groups is 6. The predicted molar refractivity (Wildman–Crippen MR) is 209 cm³/mol. The summed E-state index contributed by atoms with van der Waals surface area (Å²) in [5.41, 5.74) is 0.268. The molecule has 3 aliphatic carbocycles. The van der Waals surface area contributed by atoms with E-state index in [-0.39, 0.29) is 35.5 Å². The van der Waals surface area contributed by atoms with Crippen LogP contribution in [-0.2, 0) is 30.5 Å². The number of anilines is 1. The number of hydrogen-bond donors (Lipinski definition) is 5. The Morgan fingerprint density at radius 2 is 1.62 bits per heavy atom. The van der Waals surface area contributed by atoms with Gasteiger partial charge in [-0.2, -0.15) is 0 Å². The molecule has 14 nitrogen and oxygen atoms in total. The minimum atomic E-state index is -1.02. The molecule has 6 rings (SSSR count). The molecule has 0 unspecified atom stereocenters. The lowest BCUT2D eigenvalue weighted by Crippen LogP contribution is -2.62. The number of amides is 5. The molecular formula is C42H59N7O7. The molecule has 304 valence electrons. The van der Waals surface area contributed by atoms with Crippen LogP contribution in [0.2, 0.25) is 0 Å². The van der Waals surface area contributed by atoms with Gasteiger partial charge in [0.1, 0.15) is 18.1 Å². The summed E-state index contributed by atoms with van der Waals surface area (Å²) in [6.07, 6.45) is 9.44. The summed E-state index contributed by atoms with van der Waals surface area (Å²) in [6.45, 7) is 8.32. The molecular weight excluding hydrogens is 715 g/mol. The number of carbonyl (C=O) groups excluding carboxylic acids is 6. The van der Waals surface area contributed by atoms with Crippen LogP contribution in [0.5, 0.6) is 0 Å². The van der Waals surface area contributed by atoms with Gasteiger partial charge in [-0.25, -0.2) is 0 Å². The molecule has 0 spiro atoms. The maximum absolute atomic E-state index is 14.7. The number of Topliss-reactive ketones (excluding diaryl/α,β-unsaturated/α-hetero) is 1. The average Bonchev–Trinajstić information content (AvgIpc) is 3.51. The van der Waals surface area contributed by atoms with Gasteiger partial charge in [-0.1, -0.05) is 95.3 Å². The minimum absolute atomic E-state index is 0.00432. The van der Waals surface area contributed by atoms with Gasteiger partial charge in [0.2, 0.25) is 29.3 Å². The summed E-state index contributed by atoms with van der Waals surface area (Å²) < 4.78 is 5.39. The van der Waals surface area contributed by atoms with Crippen molar-refractivity contribution in [1.82, 2.24) is 31.3 Å². The van der Waals surface area contributed by atoms with Gasteiger partial charge >= 0.3 is 0 Å². The van der Waals surface area contributed by atoms with Crippen molar-refractivity contribution >= 4 is 41.1 Å². The first-order chi connectivity index (χ1) is 26.8. The second-order valence-corrected chi connectivity index (χ2v) is 17.3. The van der Waals surface area contributed by atoms with Crippen molar-refractivity contribution in [3.8, 4) is 0 Å². The van der Waals surface area contributed by atoms with E-state index >= 15 is 0 Å². The van der Waals surface area contributed by atoms with E-state index in [0.29, 0.717) is 31.7 Å². The molecule has 0 bridgehead atoms. The number of nitrogens with zero attached hydrogens (tertiary/aromatic N) is 2. The van der Waals surface area contributed by atoms with E-state index in [4.69, 9.17) is 4.52 Å². The Labute approximate surface area is 329 Å². The summed E-state index contributed by atoms with van der Waals surface area (Å²) in [5.74, 6) is -3.07. The van der Waals surface area contributed by atoms with Gasteiger partial charge in [0.05, 0.1) is 6.04 Å². The number of benzene rings is 1. The van der Waals surface area contributed by atoms with Crippen LogP contribution in [0.4, 0.5) is 5.82 Å². The van der Waals surface area contributed by atoms with Gasteiger partial charge in [0.15, 0.2) is 5.82 Å². The molecule has 56 heavy (non-hydrogen) atoms. The number of ketones is 1. The van der Waals surface area contributed by atoms with Gasteiger partial charge in [0, 0.05) is 25.2 Å². The van der Waals surface area contributed by atoms with Crippen molar-refractivity contribution in [2.45, 2.75) is 141 Å². The monoisotopic (exact) mass is 773 g/mol. The molecule has 5 N–H and O–H groups in total. The summed E-state index contributed by atoms with van der Waals surface area (Å²) in [6, 6.07) is 7.44. The number of fused-ring (bicyclic) bond motifs is 1. The zero-order chi connectivity index (χ0) is 40.0. The van der Waals surface area contributed by atoms with Crippen LogP contribution in [-0.4, -0.2) is 82.1 Å². The van der Waals surface area contributed by atoms with Crippen molar-refractivity contribution in [3.63, 3.8) is 0 Å². The number of likely N-dealkylation sites (tertiary alicyclic amines) is 1. The van der Waals surface area contributed by atoms with E-state index in [9.17, 15) is 28.8 Å². The fraction of sp³-hybridized carbons (Fsp3) is 0.643. The fourth-order valence-corrected chi connectivity index (χ4v) is 8.70. The molecule has 2 heterocycles. The van der Waals surface area contributed by atoms with Crippen LogP contribution in [0.25, 0.3) is 0 Å². The Morgan fingerprint density at radius 3 is 2.30 bits per heavy atom. The molecule has 1 aliphatic heterocycles. The number of aromatic nitrogens is 1. The van der Waals surface area contributed by atoms with E-state index in [0.717, 1.165) is 69.8 Å². The van der Waals surface area contributed by atoms with Crippen LogP contribution < -0.4 is 26.6 Å². The zero-order valence-corrected chi connectivity index (χ0v) is 33.2. The lowest BCUT2D eigenvalue weighted by atomic mass is 9.82. The van der Waals surface area contributed by atoms with Gasteiger partial charge in [-0.15, -0.1) is 0 Å². The number of rotatable bonds is 16. The third kappa shape index (κ3) is 9.97. The minimum Gasteiger partial charge on any atom is -0.363 e. The Balaban J connectivity index is 1.17. The molecule has 2 aromatic rings. The van der Waals surface area contributed by atoms with Crippen LogP contribution in [0.15, 0.2) is 40.9 Å². The molecule has 0 radical (unpaired) electrons. The largest absolute Gasteiger partial charge is 0.363 e. The quantitative estimate of drug-likeness (QED) is 0.155. The summed E-state index contributed by atoms with van der Waals surface area (Å²) in [7, 11) is 0. The maximum Gasteiger partial charge on any atom is 0.290 e. The molecule has 1 saturated heterocycles. The summed E-state index contributed by atoms with van der Waals surface area (Å²) in [4.78, 5) is 84.4. The highest BCUT2D eigenvalue weighted by molar-refractivity contribution is 6.38. The van der Waals surface area contributed by atoms with E-state index < -0.39 is 59.0 Å². The second-order valence-electron chi connectivity index (χ2n) is 17.3. The van der Waals surface area contributed by atoms with Gasteiger partial charge < -0.3 is 36.0 Å². The number of nitrogens with one attached hydrogen (secondary N) is 5. The lowest BCUT2D eigenvalue weighted by Gasteiger charge is -2.38. The highest BCUT2D eigenvalue weighted by atomic mass is 16.5. The molecule has 14 heteroatoms. The Morgan fingerprint density at radius 1 is 0.893 bits per heavy atom. The molecule has 5 amide bonds. The van der Waals surface area contributed by atoms with E-state index in [1.54, 1.807) is 4.90 Å². The second kappa shape index (κ2) is 18.0. The molecule has 1 aromatic heterocycles. The molecule has 4 fully saturated rings. The van der Waals surface area contributed by atoms with Crippen LogP contribution in [0.1, 0.15) is 121 Å². The van der Waals surface area contributed by atoms with Crippen molar-refractivity contribution in [2.75, 3.05) is 11.9 Å².